The summed E-state index contributed by atoms with van der Waals surface area (Å²) in [4.78, 5) is 12.6. The molecule has 0 spiro atoms. The molecule has 0 radical (unpaired) electrons. The minimum atomic E-state index is -0.0673. The predicted octanol–water partition coefficient (Wildman–Crippen LogP) is 3.63. The normalized spacial score (nSPS) is 10.5. The molecule has 2 aromatic rings. The summed E-state index contributed by atoms with van der Waals surface area (Å²) in [7, 11) is 0. The SMILES string of the molecule is Cc1cc(C)c(C(=O)Nc2cc(CN)ccc2C)c(C)c1. The second kappa shape index (κ2) is 6.10. The van der Waals surface area contributed by atoms with E-state index >= 15 is 0 Å². The topological polar surface area (TPSA) is 55.1 Å². The van der Waals surface area contributed by atoms with Gasteiger partial charge in [0.1, 0.15) is 0 Å². The molecule has 2 aromatic carbocycles. The number of benzene rings is 2. The monoisotopic (exact) mass is 282 g/mol. The number of amides is 1. The average Bonchev–Trinajstić information content (AvgIpc) is 2.40. The predicted molar refractivity (Wildman–Crippen MR) is 87.7 cm³/mol. The van der Waals surface area contributed by atoms with Crippen molar-refractivity contribution in [2.24, 2.45) is 5.73 Å². The van der Waals surface area contributed by atoms with Crippen LogP contribution in [0.2, 0.25) is 0 Å². The number of carbonyl (C=O) groups is 1. The number of aryl methyl sites for hydroxylation is 4. The molecule has 0 aliphatic heterocycles. The fourth-order valence-corrected chi connectivity index (χ4v) is 2.65. The van der Waals surface area contributed by atoms with Gasteiger partial charge in [-0.2, -0.15) is 0 Å². The molecule has 0 unspecified atom stereocenters. The number of carbonyl (C=O) groups excluding carboxylic acids is 1. The van der Waals surface area contributed by atoms with Gasteiger partial charge in [-0.05, 0) is 56.0 Å². The Hall–Kier alpha value is -2.13. The summed E-state index contributed by atoms with van der Waals surface area (Å²) in [5.41, 5.74) is 12.4. The maximum atomic E-state index is 12.6. The van der Waals surface area contributed by atoms with Crippen molar-refractivity contribution in [2.75, 3.05) is 5.32 Å². The van der Waals surface area contributed by atoms with Crippen LogP contribution in [0.3, 0.4) is 0 Å². The van der Waals surface area contributed by atoms with Crippen molar-refractivity contribution < 1.29 is 4.79 Å². The van der Waals surface area contributed by atoms with Crippen molar-refractivity contribution in [3.05, 3.63) is 63.7 Å². The molecule has 110 valence electrons. The van der Waals surface area contributed by atoms with Crippen LogP contribution in [0.25, 0.3) is 0 Å². The fraction of sp³-hybridized carbons (Fsp3) is 0.278. The van der Waals surface area contributed by atoms with E-state index in [4.69, 9.17) is 5.73 Å². The zero-order valence-electron chi connectivity index (χ0n) is 13.1. The van der Waals surface area contributed by atoms with Crippen molar-refractivity contribution in [1.82, 2.24) is 0 Å². The third kappa shape index (κ3) is 3.31. The number of hydrogen-bond donors (Lipinski definition) is 2. The van der Waals surface area contributed by atoms with E-state index in [2.05, 4.69) is 5.32 Å². The molecule has 0 saturated heterocycles. The van der Waals surface area contributed by atoms with Gasteiger partial charge in [-0.25, -0.2) is 0 Å². The summed E-state index contributed by atoms with van der Waals surface area (Å²) in [5.74, 6) is -0.0673. The van der Waals surface area contributed by atoms with Crippen molar-refractivity contribution in [1.29, 1.82) is 0 Å². The highest BCUT2D eigenvalue weighted by molar-refractivity contribution is 6.06. The zero-order chi connectivity index (χ0) is 15.6. The van der Waals surface area contributed by atoms with Crippen LogP contribution in [-0.4, -0.2) is 5.91 Å². The van der Waals surface area contributed by atoms with Crippen LogP contribution in [0.1, 0.15) is 38.2 Å². The minimum Gasteiger partial charge on any atom is -0.326 e. The summed E-state index contributed by atoms with van der Waals surface area (Å²) >= 11 is 0. The smallest absolute Gasteiger partial charge is 0.256 e. The van der Waals surface area contributed by atoms with Gasteiger partial charge < -0.3 is 11.1 Å². The molecule has 0 bridgehead atoms. The van der Waals surface area contributed by atoms with Gasteiger partial charge in [0, 0.05) is 17.8 Å². The van der Waals surface area contributed by atoms with E-state index in [1.165, 1.54) is 5.56 Å². The van der Waals surface area contributed by atoms with E-state index in [0.717, 1.165) is 33.5 Å². The molecule has 21 heavy (non-hydrogen) atoms. The first-order valence-electron chi connectivity index (χ1n) is 7.11. The van der Waals surface area contributed by atoms with Crippen molar-refractivity contribution in [3.63, 3.8) is 0 Å². The Kier molecular flexibility index (Phi) is 4.43. The lowest BCUT2D eigenvalue weighted by Crippen LogP contribution is -2.16. The van der Waals surface area contributed by atoms with E-state index in [1.807, 2.05) is 58.0 Å². The lowest BCUT2D eigenvalue weighted by atomic mass is 9.99. The molecular formula is C18H22N2O. The van der Waals surface area contributed by atoms with Crippen molar-refractivity contribution in [2.45, 2.75) is 34.2 Å². The summed E-state index contributed by atoms with van der Waals surface area (Å²) in [5, 5.41) is 3.01. The number of rotatable bonds is 3. The quantitative estimate of drug-likeness (QED) is 0.903. The van der Waals surface area contributed by atoms with E-state index in [0.29, 0.717) is 6.54 Å². The number of hydrogen-bond acceptors (Lipinski definition) is 2. The van der Waals surface area contributed by atoms with Crippen LogP contribution in [0.4, 0.5) is 5.69 Å². The Morgan fingerprint density at radius 3 is 2.19 bits per heavy atom. The molecule has 0 fully saturated rings. The first kappa shape index (κ1) is 15.3. The molecule has 1 amide bonds. The number of nitrogens with one attached hydrogen (secondary N) is 1. The Morgan fingerprint density at radius 2 is 1.62 bits per heavy atom. The highest BCUT2D eigenvalue weighted by atomic mass is 16.1. The first-order valence-corrected chi connectivity index (χ1v) is 7.11. The zero-order valence-corrected chi connectivity index (χ0v) is 13.1. The second-order valence-electron chi connectivity index (χ2n) is 5.58. The first-order chi connectivity index (χ1) is 9.92. The highest BCUT2D eigenvalue weighted by Gasteiger charge is 2.14. The summed E-state index contributed by atoms with van der Waals surface area (Å²) in [6.07, 6.45) is 0. The van der Waals surface area contributed by atoms with Gasteiger partial charge in [-0.1, -0.05) is 29.8 Å². The second-order valence-corrected chi connectivity index (χ2v) is 5.58. The molecule has 3 N–H and O–H groups in total. The molecule has 0 aromatic heterocycles. The maximum absolute atomic E-state index is 12.6. The Morgan fingerprint density at radius 1 is 1.00 bits per heavy atom. The summed E-state index contributed by atoms with van der Waals surface area (Å²) in [6.45, 7) is 8.42. The van der Waals surface area contributed by atoms with Crippen LogP contribution >= 0.6 is 0 Å². The lowest BCUT2D eigenvalue weighted by Gasteiger charge is -2.14. The third-order valence-corrected chi connectivity index (χ3v) is 3.69. The molecule has 3 heteroatoms. The molecule has 2 rings (SSSR count). The third-order valence-electron chi connectivity index (χ3n) is 3.69. The maximum Gasteiger partial charge on any atom is 0.256 e. The minimum absolute atomic E-state index is 0.0673. The van der Waals surface area contributed by atoms with Crippen LogP contribution in [-0.2, 0) is 6.54 Å². The van der Waals surface area contributed by atoms with Crippen molar-refractivity contribution in [3.8, 4) is 0 Å². The number of anilines is 1. The van der Waals surface area contributed by atoms with E-state index in [9.17, 15) is 4.79 Å². The van der Waals surface area contributed by atoms with Crippen LogP contribution in [0.5, 0.6) is 0 Å². The van der Waals surface area contributed by atoms with Crippen LogP contribution < -0.4 is 11.1 Å². The summed E-state index contributed by atoms with van der Waals surface area (Å²) < 4.78 is 0. The molecule has 0 heterocycles. The highest BCUT2D eigenvalue weighted by Crippen LogP contribution is 2.21. The Bertz CT molecular complexity index is 667. The van der Waals surface area contributed by atoms with Gasteiger partial charge in [0.25, 0.3) is 5.91 Å². The fourth-order valence-electron chi connectivity index (χ4n) is 2.65. The molecule has 0 aliphatic carbocycles. The molecule has 3 nitrogen and oxygen atoms in total. The standard InChI is InChI=1S/C18H22N2O/c1-11-7-13(3)17(14(4)8-11)18(21)20-16-9-15(10-19)6-5-12(16)2/h5-9H,10,19H2,1-4H3,(H,20,21). The van der Waals surface area contributed by atoms with Gasteiger partial charge >= 0.3 is 0 Å². The molecule has 0 saturated carbocycles. The molecular weight excluding hydrogens is 260 g/mol. The van der Waals surface area contributed by atoms with E-state index in [-0.39, 0.29) is 5.91 Å². The van der Waals surface area contributed by atoms with E-state index < -0.39 is 0 Å². The largest absolute Gasteiger partial charge is 0.326 e. The molecule has 0 aliphatic rings. The van der Waals surface area contributed by atoms with Gasteiger partial charge in [-0.3, -0.25) is 4.79 Å². The van der Waals surface area contributed by atoms with Crippen molar-refractivity contribution >= 4 is 11.6 Å². The Labute approximate surface area is 126 Å². The van der Waals surface area contributed by atoms with Crippen LogP contribution in [0.15, 0.2) is 30.3 Å². The molecule has 0 atom stereocenters. The van der Waals surface area contributed by atoms with Gasteiger partial charge in [0.05, 0.1) is 0 Å². The number of nitrogens with two attached hydrogens (primary N) is 1. The van der Waals surface area contributed by atoms with E-state index in [1.54, 1.807) is 0 Å². The summed E-state index contributed by atoms with van der Waals surface area (Å²) in [6, 6.07) is 9.96. The van der Waals surface area contributed by atoms with Gasteiger partial charge in [0.2, 0.25) is 0 Å². The average molecular weight is 282 g/mol. The van der Waals surface area contributed by atoms with Crippen LogP contribution in [0, 0.1) is 27.7 Å². The Balaban J connectivity index is 2.35. The van der Waals surface area contributed by atoms with Gasteiger partial charge in [-0.15, -0.1) is 0 Å². The van der Waals surface area contributed by atoms with Gasteiger partial charge in [0.15, 0.2) is 0 Å². The lowest BCUT2D eigenvalue weighted by molar-refractivity contribution is 0.102.